The molecule has 3 aromatic rings. The first kappa shape index (κ1) is 18.7. The Labute approximate surface area is 161 Å². The Hall–Kier alpha value is -4.05. The lowest BCUT2D eigenvalue weighted by atomic mass is 10.1. The van der Waals surface area contributed by atoms with Gasteiger partial charge >= 0.3 is 5.97 Å². The predicted octanol–water partition coefficient (Wildman–Crippen LogP) is 3.74. The number of hydrogen-bond donors (Lipinski definition) is 2. The summed E-state index contributed by atoms with van der Waals surface area (Å²) in [5.74, 6) is -1.05. The number of hydrogen-bond acceptors (Lipinski definition) is 4. The Morgan fingerprint density at radius 2 is 1.79 bits per heavy atom. The van der Waals surface area contributed by atoms with Gasteiger partial charge in [-0.15, -0.1) is 0 Å². The van der Waals surface area contributed by atoms with Crippen LogP contribution in [0.15, 0.2) is 58.5 Å². The van der Waals surface area contributed by atoms with Crippen LogP contribution in [0.1, 0.15) is 27.5 Å². The van der Waals surface area contributed by atoms with E-state index in [1.54, 1.807) is 35.0 Å². The van der Waals surface area contributed by atoms with Crippen molar-refractivity contribution in [1.82, 2.24) is 4.68 Å². The summed E-state index contributed by atoms with van der Waals surface area (Å²) >= 11 is 0. The molecule has 0 aliphatic heterocycles. The Balaban J connectivity index is 1.88. The van der Waals surface area contributed by atoms with Crippen LogP contribution >= 0.6 is 0 Å². The highest BCUT2D eigenvalue weighted by molar-refractivity contribution is 6.06. The quantitative estimate of drug-likeness (QED) is 0.522. The van der Waals surface area contributed by atoms with Gasteiger partial charge in [-0.05, 0) is 44.2 Å². The van der Waals surface area contributed by atoms with Crippen molar-refractivity contribution in [3.63, 3.8) is 0 Å². The minimum atomic E-state index is -1.07. The summed E-state index contributed by atoms with van der Waals surface area (Å²) in [6.45, 7) is 3.67. The van der Waals surface area contributed by atoms with Gasteiger partial charge in [0.1, 0.15) is 23.2 Å². The van der Waals surface area contributed by atoms with Gasteiger partial charge in [0.25, 0.3) is 5.91 Å². The number of furan rings is 1. The van der Waals surface area contributed by atoms with Crippen molar-refractivity contribution >= 4 is 18.0 Å². The standard InChI is InChI=1S/C21H17N3O4/c1-13-7-8-14(2)24(13)23-20(25)15(12-22)11-16-9-10-19(28-16)17-5-3-4-6-18(17)21(26)27/h3-11H,1-2H3,(H,23,25)(H,26,27)/b15-11+. The van der Waals surface area contributed by atoms with E-state index in [0.29, 0.717) is 11.3 Å². The third-order valence-corrected chi connectivity index (χ3v) is 4.19. The molecule has 1 aromatic carbocycles. The van der Waals surface area contributed by atoms with Crippen molar-refractivity contribution in [3.05, 3.63) is 76.8 Å². The van der Waals surface area contributed by atoms with E-state index in [-0.39, 0.29) is 16.9 Å². The Morgan fingerprint density at radius 1 is 1.11 bits per heavy atom. The molecule has 2 aromatic heterocycles. The number of carboxylic acid groups (broad SMARTS) is 1. The third-order valence-electron chi connectivity index (χ3n) is 4.19. The number of aromatic nitrogens is 1. The van der Waals surface area contributed by atoms with E-state index in [9.17, 15) is 20.0 Å². The second-order valence-corrected chi connectivity index (χ2v) is 6.12. The van der Waals surface area contributed by atoms with Gasteiger partial charge in [0.15, 0.2) is 0 Å². The highest BCUT2D eigenvalue weighted by Gasteiger charge is 2.16. The number of nitriles is 1. The van der Waals surface area contributed by atoms with Crippen molar-refractivity contribution in [2.75, 3.05) is 5.43 Å². The van der Waals surface area contributed by atoms with Gasteiger partial charge in [-0.25, -0.2) is 4.79 Å². The molecule has 7 heteroatoms. The number of nitrogens with one attached hydrogen (secondary N) is 1. The van der Waals surface area contributed by atoms with Crippen LogP contribution in [0.5, 0.6) is 0 Å². The lowest BCUT2D eigenvalue weighted by Crippen LogP contribution is -2.25. The zero-order chi connectivity index (χ0) is 20.3. The van der Waals surface area contributed by atoms with Crippen molar-refractivity contribution in [2.45, 2.75) is 13.8 Å². The number of benzene rings is 1. The van der Waals surface area contributed by atoms with Crippen LogP contribution in [0.25, 0.3) is 17.4 Å². The smallest absolute Gasteiger partial charge is 0.336 e. The summed E-state index contributed by atoms with van der Waals surface area (Å²) in [6, 6.07) is 15.2. The normalized spacial score (nSPS) is 11.1. The lowest BCUT2D eigenvalue weighted by Gasteiger charge is -2.10. The number of carboxylic acids is 1. The lowest BCUT2D eigenvalue weighted by molar-refractivity contribution is -0.113. The Morgan fingerprint density at radius 3 is 2.43 bits per heavy atom. The van der Waals surface area contributed by atoms with Crippen LogP contribution < -0.4 is 5.43 Å². The number of rotatable bonds is 5. The molecule has 0 bridgehead atoms. The molecule has 0 saturated carbocycles. The monoisotopic (exact) mass is 375 g/mol. The molecule has 1 amide bonds. The van der Waals surface area contributed by atoms with Crippen LogP contribution in [0.3, 0.4) is 0 Å². The number of carbonyl (C=O) groups is 2. The maximum Gasteiger partial charge on any atom is 0.336 e. The summed E-state index contributed by atoms with van der Waals surface area (Å²) in [6.07, 6.45) is 1.32. The van der Waals surface area contributed by atoms with E-state index in [1.807, 2.05) is 32.0 Å². The SMILES string of the molecule is Cc1ccc(C)n1NC(=O)/C(C#N)=C/c1ccc(-c2ccccc2C(=O)O)o1. The van der Waals surface area contributed by atoms with Gasteiger partial charge in [0.2, 0.25) is 0 Å². The van der Waals surface area contributed by atoms with E-state index in [0.717, 1.165) is 11.4 Å². The average molecular weight is 375 g/mol. The van der Waals surface area contributed by atoms with E-state index < -0.39 is 11.9 Å². The number of amides is 1. The second-order valence-electron chi connectivity index (χ2n) is 6.12. The highest BCUT2D eigenvalue weighted by Crippen LogP contribution is 2.26. The largest absolute Gasteiger partial charge is 0.478 e. The molecule has 0 radical (unpaired) electrons. The van der Waals surface area contributed by atoms with Crippen LogP contribution in [0, 0.1) is 25.2 Å². The molecule has 7 nitrogen and oxygen atoms in total. The van der Waals surface area contributed by atoms with Gasteiger partial charge in [-0.3, -0.25) is 14.9 Å². The van der Waals surface area contributed by atoms with Gasteiger partial charge in [-0.1, -0.05) is 18.2 Å². The molecule has 0 spiro atoms. The topological polar surface area (TPSA) is 108 Å². The van der Waals surface area contributed by atoms with E-state index >= 15 is 0 Å². The Kier molecular flexibility index (Phi) is 5.14. The zero-order valence-electron chi connectivity index (χ0n) is 15.3. The van der Waals surface area contributed by atoms with Crippen molar-refractivity contribution in [3.8, 4) is 17.4 Å². The number of aryl methyl sites for hydroxylation is 2. The summed E-state index contributed by atoms with van der Waals surface area (Å²) in [7, 11) is 0. The van der Waals surface area contributed by atoms with Crippen LogP contribution in [-0.4, -0.2) is 21.7 Å². The molecule has 0 atom stereocenters. The molecule has 28 heavy (non-hydrogen) atoms. The fraction of sp³-hybridized carbons (Fsp3) is 0.0952. The maximum absolute atomic E-state index is 12.4. The number of aromatic carboxylic acids is 1. The number of carbonyl (C=O) groups excluding carboxylic acids is 1. The molecule has 0 unspecified atom stereocenters. The fourth-order valence-electron chi connectivity index (χ4n) is 2.76. The van der Waals surface area contributed by atoms with Gasteiger partial charge in [-0.2, -0.15) is 5.26 Å². The van der Waals surface area contributed by atoms with E-state index in [4.69, 9.17) is 4.42 Å². The average Bonchev–Trinajstić information content (AvgIpc) is 3.27. The first-order valence-corrected chi connectivity index (χ1v) is 8.41. The number of nitrogens with zero attached hydrogens (tertiary/aromatic N) is 2. The second kappa shape index (κ2) is 7.68. The van der Waals surface area contributed by atoms with Crippen LogP contribution in [-0.2, 0) is 4.79 Å². The van der Waals surface area contributed by atoms with E-state index in [2.05, 4.69) is 5.43 Å². The summed E-state index contributed by atoms with van der Waals surface area (Å²) in [4.78, 5) is 23.8. The fourth-order valence-corrected chi connectivity index (χ4v) is 2.76. The molecule has 2 N–H and O–H groups in total. The van der Waals surface area contributed by atoms with Crippen molar-refractivity contribution < 1.29 is 19.1 Å². The van der Waals surface area contributed by atoms with Crippen LogP contribution in [0.4, 0.5) is 0 Å². The third kappa shape index (κ3) is 3.71. The minimum Gasteiger partial charge on any atom is -0.478 e. The predicted molar refractivity (Wildman–Crippen MR) is 103 cm³/mol. The first-order valence-electron chi connectivity index (χ1n) is 8.41. The molecule has 0 aliphatic rings. The van der Waals surface area contributed by atoms with Crippen LogP contribution in [0.2, 0.25) is 0 Å². The maximum atomic E-state index is 12.4. The molecular weight excluding hydrogens is 358 g/mol. The molecule has 0 fully saturated rings. The first-order chi connectivity index (χ1) is 13.4. The molecule has 2 heterocycles. The summed E-state index contributed by atoms with van der Waals surface area (Å²) in [5, 5.41) is 18.7. The van der Waals surface area contributed by atoms with Gasteiger partial charge in [0.05, 0.1) is 5.56 Å². The summed E-state index contributed by atoms with van der Waals surface area (Å²) in [5.41, 5.74) is 4.69. The molecule has 140 valence electrons. The minimum absolute atomic E-state index is 0.101. The van der Waals surface area contributed by atoms with Gasteiger partial charge < -0.3 is 9.52 Å². The highest BCUT2D eigenvalue weighted by atomic mass is 16.4. The molecule has 3 rings (SSSR count). The van der Waals surface area contributed by atoms with E-state index in [1.165, 1.54) is 12.1 Å². The molecule has 0 saturated heterocycles. The van der Waals surface area contributed by atoms with Crippen molar-refractivity contribution in [2.24, 2.45) is 0 Å². The molecular formula is C21H17N3O4. The Bertz CT molecular complexity index is 1110. The van der Waals surface area contributed by atoms with Crippen molar-refractivity contribution in [1.29, 1.82) is 5.26 Å². The molecule has 0 aliphatic carbocycles. The van der Waals surface area contributed by atoms with Gasteiger partial charge in [0, 0.05) is 23.0 Å². The summed E-state index contributed by atoms with van der Waals surface area (Å²) < 4.78 is 7.24. The zero-order valence-corrected chi connectivity index (χ0v) is 15.3.